The highest BCUT2D eigenvalue weighted by atomic mass is 19.1. The summed E-state index contributed by atoms with van der Waals surface area (Å²) in [7, 11) is 0. The number of aromatic amines is 1. The molecule has 0 spiro atoms. The second kappa shape index (κ2) is 8.35. The quantitative estimate of drug-likeness (QED) is 0.498. The molecule has 1 aliphatic heterocycles. The summed E-state index contributed by atoms with van der Waals surface area (Å²) in [6.07, 6.45) is 3.08. The minimum absolute atomic E-state index is 0.282. The summed E-state index contributed by atoms with van der Waals surface area (Å²) in [6.45, 7) is 2.74. The van der Waals surface area contributed by atoms with Crippen molar-refractivity contribution < 1.29 is 18.4 Å². The fraction of sp³-hybridized carbons (Fsp3) is 0.318. The molecule has 1 fully saturated rings. The van der Waals surface area contributed by atoms with E-state index in [1.54, 1.807) is 18.3 Å². The zero-order chi connectivity index (χ0) is 21.2. The molecule has 0 bridgehead atoms. The molecule has 0 aliphatic carbocycles. The van der Waals surface area contributed by atoms with Crippen LogP contribution in [0.25, 0.3) is 21.9 Å². The Morgan fingerprint density at radius 2 is 2.13 bits per heavy atom. The van der Waals surface area contributed by atoms with Crippen molar-refractivity contribution in [2.24, 2.45) is 0 Å². The number of H-pyrrole nitrogens is 1. The van der Waals surface area contributed by atoms with Crippen LogP contribution in [-0.2, 0) is 4.74 Å². The number of nitrogens with one attached hydrogen (secondary N) is 2. The minimum atomic E-state index is -0.473. The van der Waals surface area contributed by atoms with E-state index in [0.29, 0.717) is 24.4 Å². The first-order chi connectivity index (χ1) is 15.2. The number of likely N-dealkylation sites (tertiary alicyclic amines) is 1. The van der Waals surface area contributed by atoms with Crippen molar-refractivity contribution in [3.05, 3.63) is 54.1 Å². The van der Waals surface area contributed by atoms with Crippen LogP contribution < -0.4 is 5.32 Å². The number of amides is 1. The maximum absolute atomic E-state index is 13.3. The number of ether oxygens (including phenoxy) is 1. The Balaban J connectivity index is 1.08. The molecular formula is C22H22FN5O3. The van der Waals surface area contributed by atoms with E-state index in [1.165, 1.54) is 12.1 Å². The normalized spacial score (nSPS) is 15.5. The topological polar surface area (TPSA) is 96.3 Å². The molecule has 2 aromatic heterocycles. The molecule has 0 atom stereocenters. The monoisotopic (exact) mass is 423 g/mol. The van der Waals surface area contributed by atoms with Crippen molar-refractivity contribution in [2.75, 3.05) is 31.6 Å². The number of anilines is 1. The lowest BCUT2D eigenvalue weighted by atomic mass is 9.91. The van der Waals surface area contributed by atoms with Crippen molar-refractivity contribution in [3.63, 3.8) is 0 Å². The summed E-state index contributed by atoms with van der Waals surface area (Å²) in [5.74, 6) is -0.0406. The van der Waals surface area contributed by atoms with E-state index >= 15 is 0 Å². The van der Waals surface area contributed by atoms with E-state index in [-0.39, 0.29) is 11.7 Å². The lowest BCUT2D eigenvalue weighted by Crippen LogP contribution is -2.36. The maximum atomic E-state index is 13.3. The Bertz CT molecular complexity index is 1210. The molecule has 2 N–H and O–H groups in total. The van der Waals surface area contributed by atoms with Crippen molar-refractivity contribution in [2.45, 2.75) is 18.8 Å². The number of benzene rings is 2. The largest absolute Gasteiger partial charge is 0.448 e. The molecule has 0 radical (unpaired) electrons. The Morgan fingerprint density at radius 3 is 3.00 bits per heavy atom. The molecule has 1 amide bonds. The number of nitrogens with zero attached hydrogens (tertiary/aromatic N) is 3. The third-order valence-corrected chi connectivity index (χ3v) is 5.76. The molecule has 5 rings (SSSR count). The van der Waals surface area contributed by atoms with Crippen molar-refractivity contribution in [1.29, 1.82) is 0 Å². The van der Waals surface area contributed by atoms with Gasteiger partial charge in [-0.3, -0.25) is 15.3 Å². The zero-order valence-corrected chi connectivity index (χ0v) is 16.8. The molecule has 2 aromatic carbocycles. The highest BCUT2D eigenvalue weighted by molar-refractivity contribution is 5.89. The maximum Gasteiger partial charge on any atom is 0.411 e. The molecule has 1 saturated heterocycles. The second-order valence-electron chi connectivity index (χ2n) is 7.76. The first-order valence-corrected chi connectivity index (χ1v) is 10.3. The average molecular weight is 423 g/mol. The van der Waals surface area contributed by atoms with Crippen LogP contribution in [0.4, 0.5) is 14.9 Å². The van der Waals surface area contributed by atoms with E-state index in [1.807, 2.05) is 12.1 Å². The van der Waals surface area contributed by atoms with E-state index in [2.05, 4.69) is 25.6 Å². The highest BCUT2D eigenvalue weighted by Crippen LogP contribution is 2.32. The Hall–Kier alpha value is -3.46. The third-order valence-electron chi connectivity index (χ3n) is 5.76. The Kier molecular flexibility index (Phi) is 5.25. The summed E-state index contributed by atoms with van der Waals surface area (Å²) in [6, 6.07) is 10.0. The lowest BCUT2D eigenvalue weighted by molar-refractivity contribution is 0.128. The fourth-order valence-corrected chi connectivity index (χ4v) is 4.10. The van der Waals surface area contributed by atoms with Gasteiger partial charge in [-0.25, -0.2) is 9.18 Å². The molecule has 160 valence electrons. The van der Waals surface area contributed by atoms with Gasteiger partial charge in [-0.15, -0.1) is 0 Å². The molecule has 31 heavy (non-hydrogen) atoms. The number of fused-ring (bicyclic) bond motifs is 2. The van der Waals surface area contributed by atoms with E-state index in [4.69, 9.17) is 9.26 Å². The molecular weight excluding hydrogens is 401 g/mol. The molecule has 1 aliphatic rings. The summed E-state index contributed by atoms with van der Waals surface area (Å²) in [4.78, 5) is 14.3. The van der Waals surface area contributed by atoms with Crippen LogP contribution in [0.5, 0.6) is 0 Å². The van der Waals surface area contributed by atoms with Crippen LogP contribution in [0.3, 0.4) is 0 Å². The number of hydrogen-bond acceptors (Lipinski definition) is 6. The molecule has 9 heteroatoms. The number of hydrogen-bond donors (Lipinski definition) is 2. The van der Waals surface area contributed by atoms with Gasteiger partial charge in [0, 0.05) is 35.0 Å². The lowest BCUT2D eigenvalue weighted by Gasteiger charge is -2.30. The fourth-order valence-electron chi connectivity index (χ4n) is 4.10. The van der Waals surface area contributed by atoms with Gasteiger partial charge >= 0.3 is 6.09 Å². The molecule has 8 nitrogen and oxygen atoms in total. The first kappa shape index (κ1) is 19.5. The van der Waals surface area contributed by atoms with Gasteiger partial charge < -0.3 is 9.26 Å². The van der Waals surface area contributed by atoms with Gasteiger partial charge in [0.2, 0.25) is 0 Å². The highest BCUT2D eigenvalue weighted by Gasteiger charge is 2.25. The number of carbonyl (C=O) groups excluding carboxylic acids is 1. The standard InChI is InChI=1S/C22H22FN5O3/c23-16-1-3-18-20(12-16)31-27-21(18)14-5-7-28(8-6-14)9-10-30-22(29)25-17-2-4-19-15(11-17)13-24-26-19/h1-4,11-14H,5-10H2,(H,24,26)(H,25,29). The predicted octanol–water partition coefficient (Wildman–Crippen LogP) is 4.27. The minimum Gasteiger partial charge on any atom is -0.448 e. The number of aromatic nitrogens is 3. The summed E-state index contributed by atoms with van der Waals surface area (Å²) >= 11 is 0. The van der Waals surface area contributed by atoms with Crippen molar-refractivity contribution >= 4 is 33.7 Å². The number of halogens is 1. The van der Waals surface area contributed by atoms with Crippen LogP contribution in [0, 0.1) is 5.82 Å². The summed E-state index contributed by atoms with van der Waals surface area (Å²) < 4.78 is 24.0. The van der Waals surface area contributed by atoms with Crippen LogP contribution in [0.1, 0.15) is 24.5 Å². The SMILES string of the molecule is O=C(Nc1ccc2[nH]ncc2c1)OCCN1CCC(c2noc3cc(F)ccc23)CC1. The molecule has 4 aromatic rings. The molecule has 3 heterocycles. The van der Waals surface area contributed by atoms with E-state index < -0.39 is 6.09 Å². The van der Waals surface area contributed by atoms with Gasteiger partial charge in [0.1, 0.15) is 12.4 Å². The molecule has 0 unspecified atom stereocenters. The first-order valence-electron chi connectivity index (χ1n) is 10.3. The van der Waals surface area contributed by atoms with Crippen LogP contribution >= 0.6 is 0 Å². The number of carbonyl (C=O) groups is 1. The average Bonchev–Trinajstić information content (AvgIpc) is 3.40. The third kappa shape index (κ3) is 4.22. The van der Waals surface area contributed by atoms with Crippen LogP contribution in [0.15, 0.2) is 47.1 Å². The summed E-state index contributed by atoms with van der Waals surface area (Å²) in [5.41, 5.74) is 2.97. The van der Waals surface area contributed by atoms with Crippen LogP contribution in [0.2, 0.25) is 0 Å². The van der Waals surface area contributed by atoms with Gasteiger partial charge in [-0.1, -0.05) is 5.16 Å². The van der Waals surface area contributed by atoms with Crippen molar-refractivity contribution in [1.82, 2.24) is 20.3 Å². The van der Waals surface area contributed by atoms with Gasteiger partial charge in [0.25, 0.3) is 0 Å². The Morgan fingerprint density at radius 1 is 1.26 bits per heavy atom. The summed E-state index contributed by atoms with van der Waals surface area (Å²) in [5, 5.41) is 15.6. The van der Waals surface area contributed by atoms with Gasteiger partial charge in [0.05, 0.1) is 17.4 Å². The van der Waals surface area contributed by atoms with E-state index in [0.717, 1.165) is 47.9 Å². The Labute approximate surface area is 177 Å². The number of rotatable bonds is 5. The second-order valence-corrected chi connectivity index (χ2v) is 7.76. The van der Waals surface area contributed by atoms with Gasteiger partial charge in [-0.05, 0) is 56.3 Å². The predicted molar refractivity (Wildman–Crippen MR) is 113 cm³/mol. The van der Waals surface area contributed by atoms with Crippen LogP contribution in [-0.4, -0.2) is 52.6 Å². The van der Waals surface area contributed by atoms with Gasteiger partial charge in [-0.2, -0.15) is 5.10 Å². The van der Waals surface area contributed by atoms with Gasteiger partial charge in [0.15, 0.2) is 5.58 Å². The van der Waals surface area contributed by atoms with E-state index in [9.17, 15) is 9.18 Å². The smallest absolute Gasteiger partial charge is 0.411 e. The zero-order valence-electron chi connectivity index (χ0n) is 16.8. The van der Waals surface area contributed by atoms with Crippen molar-refractivity contribution in [3.8, 4) is 0 Å². The molecule has 0 saturated carbocycles. The number of piperidine rings is 1.